The van der Waals surface area contributed by atoms with Gasteiger partial charge in [-0.3, -0.25) is 4.90 Å². The van der Waals surface area contributed by atoms with Crippen molar-refractivity contribution in [1.29, 1.82) is 0 Å². The summed E-state index contributed by atoms with van der Waals surface area (Å²) in [6.07, 6.45) is 7.72. The van der Waals surface area contributed by atoms with Crippen LogP contribution in [0.15, 0.2) is 42.5 Å². The maximum absolute atomic E-state index is 5.68. The molecule has 3 aliphatic carbocycles. The monoisotopic (exact) mass is 398 g/mol. The summed E-state index contributed by atoms with van der Waals surface area (Å²) in [6.45, 7) is 2.58. The molecule has 2 fully saturated rings. The molecular formula is C27H30N2O. The fourth-order valence-electron chi connectivity index (χ4n) is 7.15. The van der Waals surface area contributed by atoms with E-state index in [0.717, 1.165) is 18.1 Å². The second-order valence-corrected chi connectivity index (χ2v) is 10.3. The number of H-pyrrole nitrogens is 1. The first-order valence-corrected chi connectivity index (χ1v) is 11.7. The first-order chi connectivity index (χ1) is 14.7. The summed E-state index contributed by atoms with van der Waals surface area (Å²) in [6, 6.07) is 16.5. The number of nitrogens with one attached hydrogen (secondary N) is 1. The molecule has 154 valence electrons. The van der Waals surface area contributed by atoms with Gasteiger partial charge in [-0.15, -0.1) is 0 Å². The van der Waals surface area contributed by atoms with Crippen molar-refractivity contribution in [2.75, 3.05) is 20.2 Å². The molecule has 0 radical (unpaired) electrons. The summed E-state index contributed by atoms with van der Waals surface area (Å²) in [4.78, 5) is 6.70. The molecule has 3 heteroatoms. The van der Waals surface area contributed by atoms with E-state index in [2.05, 4.69) is 52.3 Å². The molecule has 4 aliphatic rings. The number of nitrogens with zero attached hydrogens (tertiary/aromatic N) is 1. The number of piperidine rings is 1. The third kappa shape index (κ3) is 2.36. The summed E-state index contributed by atoms with van der Waals surface area (Å²) in [5.74, 6) is 2.68. The summed E-state index contributed by atoms with van der Waals surface area (Å²) in [5, 5.41) is 1.45. The molecule has 3 aromatic rings. The van der Waals surface area contributed by atoms with Gasteiger partial charge in [0.2, 0.25) is 0 Å². The van der Waals surface area contributed by atoms with Crippen LogP contribution in [0.25, 0.3) is 10.9 Å². The summed E-state index contributed by atoms with van der Waals surface area (Å²) >= 11 is 0. The number of rotatable bonds is 3. The molecular weight excluding hydrogens is 368 g/mol. The van der Waals surface area contributed by atoms with Gasteiger partial charge in [0, 0.05) is 34.6 Å². The van der Waals surface area contributed by atoms with Crippen LogP contribution in [0.1, 0.15) is 41.6 Å². The fraction of sp³-hybridized carbons (Fsp3) is 0.481. The smallest absolute Gasteiger partial charge is 0.119 e. The van der Waals surface area contributed by atoms with Gasteiger partial charge in [0.1, 0.15) is 5.75 Å². The molecule has 1 saturated heterocycles. The molecule has 0 spiro atoms. The number of aromatic amines is 1. The molecule has 2 heterocycles. The Bertz CT molecular complexity index is 1140. The van der Waals surface area contributed by atoms with Crippen LogP contribution in [0.4, 0.5) is 0 Å². The van der Waals surface area contributed by atoms with Gasteiger partial charge in [-0.25, -0.2) is 0 Å². The van der Waals surface area contributed by atoms with Crippen molar-refractivity contribution in [2.45, 2.75) is 50.0 Å². The summed E-state index contributed by atoms with van der Waals surface area (Å²) in [5.41, 5.74) is 7.79. The predicted molar refractivity (Wildman–Crippen MR) is 120 cm³/mol. The van der Waals surface area contributed by atoms with Crippen LogP contribution in [-0.2, 0) is 24.7 Å². The number of fused-ring (bicyclic) bond motifs is 4. The zero-order valence-electron chi connectivity index (χ0n) is 17.8. The quantitative estimate of drug-likeness (QED) is 0.682. The topological polar surface area (TPSA) is 28.3 Å². The molecule has 2 aromatic carbocycles. The lowest BCUT2D eigenvalue weighted by atomic mass is 9.52. The molecule has 2 bridgehead atoms. The first kappa shape index (κ1) is 17.4. The van der Waals surface area contributed by atoms with Crippen molar-refractivity contribution >= 4 is 10.9 Å². The highest BCUT2D eigenvalue weighted by Gasteiger charge is 2.55. The third-order valence-corrected chi connectivity index (χ3v) is 8.78. The van der Waals surface area contributed by atoms with Gasteiger partial charge in [-0.2, -0.15) is 0 Å². The molecule has 1 unspecified atom stereocenters. The van der Waals surface area contributed by atoms with Gasteiger partial charge in [0.15, 0.2) is 0 Å². The summed E-state index contributed by atoms with van der Waals surface area (Å²) < 4.78 is 5.68. The van der Waals surface area contributed by atoms with Crippen LogP contribution in [0, 0.1) is 11.8 Å². The van der Waals surface area contributed by atoms with Gasteiger partial charge in [-0.05, 0) is 91.8 Å². The lowest BCUT2D eigenvalue weighted by molar-refractivity contribution is 0.00515. The molecule has 1 N–H and O–H groups in total. The van der Waals surface area contributed by atoms with E-state index in [9.17, 15) is 0 Å². The van der Waals surface area contributed by atoms with Gasteiger partial charge in [0.25, 0.3) is 0 Å². The minimum absolute atomic E-state index is 0.251. The minimum atomic E-state index is 0.251. The van der Waals surface area contributed by atoms with E-state index >= 15 is 0 Å². The highest BCUT2D eigenvalue weighted by molar-refractivity contribution is 5.85. The normalized spacial score (nSPS) is 29.9. The molecule has 1 aromatic heterocycles. The van der Waals surface area contributed by atoms with E-state index in [-0.39, 0.29) is 5.41 Å². The predicted octanol–water partition coefficient (Wildman–Crippen LogP) is 4.87. The molecule has 3 nitrogen and oxygen atoms in total. The zero-order chi connectivity index (χ0) is 19.9. The Morgan fingerprint density at radius 2 is 2.03 bits per heavy atom. The molecule has 1 aliphatic heterocycles. The Morgan fingerprint density at radius 1 is 1.13 bits per heavy atom. The summed E-state index contributed by atoms with van der Waals surface area (Å²) in [7, 11) is 1.80. The lowest BCUT2D eigenvalue weighted by Crippen LogP contribution is -2.62. The van der Waals surface area contributed by atoms with Crippen LogP contribution in [-0.4, -0.2) is 36.1 Å². The Hall–Kier alpha value is -2.26. The van der Waals surface area contributed by atoms with Crippen LogP contribution in [0.5, 0.6) is 5.75 Å². The lowest BCUT2D eigenvalue weighted by Gasteiger charge is -2.59. The number of aromatic nitrogens is 1. The largest absolute Gasteiger partial charge is 0.497 e. The molecule has 1 saturated carbocycles. The van der Waals surface area contributed by atoms with E-state index in [0.29, 0.717) is 12.0 Å². The van der Waals surface area contributed by atoms with Crippen molar-refractivity contribution in [1.82, 2.24) is 9.88 Å². The van der Waals surface area contributed by atoms with Gasteiger partial charge in [0.05, 0.1) is 7.11 Å². The van der Waals surface area contributed by atoms with Crippen LogP contribution >= 0.6 is 0 Å². The van der Waals surface area contributed by atoms with Crippen molar-refractivity contribution in [3.63, 3.8) is 0 Å². The number of para-hydroxylation sites is 1. The zero-order valence-corrected chi connectivity index (χ0v) is 17.8. The van der Waals surface area contributed by atoms with Gasteiger partial charge < -0.3 is 9.72 Å². The number of ether oxygens (including phenoxy) is 1. The highest BCUT2D eigenvalue weighted by Crippen LogP contribution is 2.56. The van der Waals surface area contributed by atoms with Crippen LogP contribution in [0.3, 0.4) is 0 Å². The minimum Gasteiger partial charge on any atom is -0.497 e. The average Bonchev–Trinajstić information content (AvgIpc) is 3.52. The maximum atomic E-state index is 5.68. The first-order valence-electron chi connectivity index (χ1n) is 11.7. The number of methoxy groups -OCH3 is 1. The second-order valence-electron chi connectivity index (χ2n) is 10.3. The van der Waals surface area contributed by atoms with E-state index < -0.39 is 0 Å². The molecule has 7 rings (SSSR count). The van der Waals surface area contributed by atoms with E-state index in [4.69, 9.17) is 4.74 Å². The van der Waals surface area contributed by atoms with Crippen molar-refractivity contribution in [3.8, 4) is 5.75 Å². The van der Waals surface area contributed by atoms with Crippen LogP contribution in [0.2, 0.25) is 0 Å². The highest BCUT2D eigenvalue weighted by atomic mass is 16.5. The Balaban J connectivity index is 1.40. The second kappa shape index (κ2) is 6.13. The van der Waals surface area contributed by atoms with Gasteiger partial charge in [-0.1, -0.05) is 24.3 Å². The van der Waals surface area contributed by atoms with E-state index in [1.54, 1.807) is 23.8 Å². The number of likely N-dealkylation sites (tertiary alicyclic amines) is 1. The van der Waals surface area contributed by atoms with Crippen molar-refractivity contribution in [2.24, 2.45) is 11.8 Å². The van der Waals surface area contributed by atoms with Crippen LogP contribution < -0.4 is 4.74 Å². The molecule has 0 amide bonds. The van der Waals surface area contributed by atoms with Crippen molar-refractivity contribution < 1.29 is 4.74 Å². The third-order valence-electron chi connectivity index (χ3n) is 8.78. The number of benzene rings is 2. The molecule has 3 atom stereocenters. The number of hydrogen-bond donors (Lipinski definition) is 1. The van der Waals surface area contributed by atoms with Gasteiger partial charge >= 0.3 is 0 Å². The standard InChI is InChI=1S/C27H30N2O/c1-30-19-9-8-18-12-26-23-14-21-20-4-2-3-5-24(20)28-25(21)15-27(23,22(18)13-19)10-11-29(26)16-17-6-7-17/h2-5,8-9,13,17,23,26,28H,6-7,10-12,14-16H2,1H3/t23?,26-,27-/m1/s1. The number of hydrogen-bond acceptors (Lipinski definition) is 2. The SMILES string of the molecule is COc1ccc2c(c1)[C@]13CCN(CC4CC4)[C@H](C2)C1Cc1c([nH]c2ccccc12)C3. The van der Waals surface area contributed by atoms with E-state index in [1.165, 1.54) is 61.8 Å². The average molecular weight is 399 g/mol. The Kier molecular flexibility index (Phi) is 3.56. The fourth-order valence-corrected chi connectivity index (χ4v) is 7.15. The Labute approximate surface area is 178 Å². The maximum Gasteiger partial charge on any atom is 0.119 e. The molecule has 30 heavy (non-hydrogen) atoms. The van der Waals surface area contributed by atoms with Crippen molar-refractivity contribution in [3.05, 3.63) is 64.8 Å². The van der Waals surface area contributed by atoms with E-state index in [1.807, 2.05) is 0 Å². The Morgan fingerprint density at radius 3 is 2.90 bits per heavy atom.